The Morgan fingerprint density at radius 3 is 2.85 bits per heavy atom. The van der Waals surface area contributed by atoms with Crippen LogP contribution in [-0.2, 0) is 24.3 Å². The number of methoxy groups -OCH3 is 1. The van der Waals surface area contributed by atoms with Gasteiger partial charge in [-0.3, -0.25) is 9.89 Å². The van der Waals surface area contributed by atoms with Crippen molar-refractivity contribution in [1.29, 1.82) is 0 Å². The quantitative estimate of drug-likeness (QED) is 0.325. The van der Waals surface area contributed by atoms with Crippen molar-refractivity contribution in [2.45, 2.75) is 70.8 Å². The van der Waals surface area contributed by atoms with Gasteiger partial charge in [0.05, 0.1) is 13.1 Å². The molecule has 27 heavy (non-hydrogen) atoms. The van der Waals surface area contributed by atoms with Crippen LogP contribution in [0.3, 0.4) is 0 Å². The molecule has 154 valence electrons. The van der Waals surface area contributed by atoms with Gasteiger partial charge in [-0.2, -0.15) is 5.10 Å². The third-order valence-corrected chi connectivity index (χ3v) is 5.19. The van der Waals surface area contributed by atoms with Gasteiger partial charge in [0.25, 0.3) is 0 Å². The minimum atomic E-state index is 0. The Labute approximate surface area is 179 Å². The molecule has 9 heteroatoms. The first-order chi connectivity index (χ1) is 12.6. The summed E-state index contributed by atoms with van der Waals surface area (Å²) >= 11 is 0. The number of aryl methyl sites for hydroxylation is 1. The van der Waals surface area contributed by atoms with E-state index in [9.17, 15) is 0 Å². The number of hydrogen-bond acceptors (Lipinski definition) is 5. The number of ether oxygens (including phenoxy) is 1. The third-order valence-electron chi connectivity index (χ3n) is 5.19. The molecule has 1 saturated carbocycles. The molecule has 1 aliphatic heterocycles. The van der Waals surface area contributed by atoms with E-state index in [-0.39, 0.29) is 24.0 Å². The van der Waals surface area contributed by atoms with Crippen LogP contribution in [-0.4, -0.2) is 71.0 Å². The van der Waals surface area contributed by atoms with E-state index in [0.717, 1.165) is 56.1 Å². The summed E-state index contributed by atoms with van der Waals surface area (Å²) in [5.74, 6) is 2.71. The number of aliphatic imine (C=N–C) groups is 1. The molecular formula is C18H34IN7O. The van der Waals surface area contributed by atoms with Crippen molar-refractivity contribution in [1.82, 2.24) is 30.3 Å². The van der Waals surface area contributed by atoms with E-state index in [1.165, 1.54) is 12.8 Å². The van der Waals surface area contributed by atoms with Gasteiger partial charge >= 0.3 is 0 Å². The van der Waals surface area contributed by atoms with E-state index >= 15 is 0 Å². The van der Waals surface area contributed by atoms with Gasteiger partial charge in [-0.15, -0.1) is 24.0 Å². The molecule has 0 saturated heterocycles. The maximum absolute atomic E-state index is 5.14. The number of aromatic nitrogens is 3. The molecule has 2 heterocycles. The zero-order valence-corrected chi connectivity index (χ0v) is 19.3. The minimum Gasteiger partial charge on any atom is -0.377 e. The molecule has 0 bridgehead atoms. The van der Waals surface area contributed by atoms with Crippen LogP contribution in [0.2, 0.25) is 0 Å². The summed E-state index contributed by atoms with van der Waals surface area (Å²) in [6.07, 6.45) is 4.62. The Bertz CT molecular complexity index is 617. The summed E-state index contributed by atoms with van der Waals surface area (Å²) in [6, 6.07) is 1.54. The number of guanidine groups is 1. The maximum Gasteiger partial charge on any atom is 0.191 e. The highest BCUT2D eigenvalue weighted by Crippen LogP contribution is 2.26. The molecule has 2 aliphatic rings. The Balaban J connectivity index is 0.00000261. The predicted octanol–water partition coefficient (Wildman–Crippen LogP) is 1.40. The first kappa shape index (κ1) is 22.4. The van der Waals surface area contributed by atoms with Crippen molar-refractivity contribution in [2.75, 3.05) is 27.2 Å². The van der Waals surface area contributed by atoms with Gasteiger partial charge in [-0.1, -0.05) is 0 Å². The molecule has 8 nitrogen and oxygen atoms in total. The smallest absolute Gasteiger partial charge is 0.191 e. The Hall–Kier alpha value is -0.940. The molecule has 1 aliphatic carbocycles. The highest BCUT2D eigenvalue weighted by molar-refractivity contribution is 14.0. The zero-order chi connectivity index (χ0) is 18.5. The van der Waals surface area contributed by atoms with Gasteiger partial charge in [0.1, 0.15) is 12.4 Å². The Morgan fingerprint density at radius 2 is 2.19 bits per heavy atom. The molecule has 0 amide bonds. The maximum atomic E-state index is 5.14. The lowest BCUT2D eigenvalue weighted by molar-refractivity contribution is 0.177. The van der Waals surface area contributed by atoms with Crippen LogP contribution in [0.15, 0.2) is 4.99 Å². The number of rotatable bonds is 8. The SMILES string of the molecule is CCNC(=NCC(C)N(C)C1CC1)NC1CCc2nc(COC)nn2C1.I. The fourth-order valence-corrected chi connectivity index (χ4v) is 3.38. The molecule has 1 aromatic heterocycles. The van der Waals surface area contributed by atoms with Gasteiger partial charge in [0, 0.05) is 38.2 Å². The van der Waals surface area contributed by atoms with Crippen LogP contribution in [0.5, 0.6) is 0 Å². The lowest BCUT2D eigenvalue weighted by Crippen LogP contribution is -2.47. The second kappa shape index (κ2) is 10.6. The number of fused-ring (bicyclic) bond motifs is 1. The van der Waals surface area contributed by atoms with Gasteiger partial charge < -0.3 is 15.4 Å². The number of nitrogens with one attached hydrogen (secondary N) is 2. The molecule has 2 atom stereocenters. The first-order valence-corrected chi connectivity index (χ1v) is 9.79. The fraction of sp³-hybridized carbons (Fsp3) is 0.833. The highest BCUT2D eigenvalue weighted by Gasteiger charge is 2.29. The van der Waals surface area contributed by atoms with Crippen LogP contribution in [0.25, 0.3) is 0 Å². The van der Waals surface area contributed by atoms with Gasteiger partial charge in [-0.05, 0) is 40.2 Å². The molecule has 0 spiro atoms. The second-order valence-corrected chi connectivity index (χ2v) is 7.40. The van der Waals surface area contributed by atoms with Gasteiger partial charge in [0.15, 0.2) is 11.8 Å². The van der Waals surface area contributed by atoms with Gasteiger partial charge in [0.2, 0.25) is 0 Å². The van der Waals surface area contributed by atoms with Crippen LogP contribution >= 0.6 is 24.0 Å². The summed E-state index contributed by atoms with van der Waals surface area (Å²) in [6.45, 7) is 7.30. The molecule has 0 radical (unpaired) electrons. The van der Waals surface area contributed by atoms with E-state index in [1.54, 1.807) is 7.11 Å². The summed E-state index contributed by atoms with van der Waals surface area (Å²) in [4.78, 5) is 11.8. The molecule has 0 aromatic carbocycles. The standard InChI is InChI=1S/C18H33N7O.HI/c1-5-19-18(20-10-13(2)24(3)15-7-8-15)21-14-6-9-17-22-16(12-26-4)23-25(17)11-14;/h13-15H,5-12H2,1-4H3,(H2,19,20,21);1H. The number of hydrogen-bond donors (Lipinski definition) is 2. The monoisotopic (exact) mass is 491 g/mol. The average Bonchev–Trinajstić information content (AvgIpc) is 3.39. The fourth-order valence-electron chi connectivity index (χ4n) is 3.38. The number of nitrogens with zero attached hydrogens (tertiary/aromatic N) is 5. The largest absolute Gasteiger partial charge is 0.377 e. The molecule has 3 rings (SSSR count). The van der Waals surface area contributed by atoms with E-state index in [4.69, 9.17) is 9.73 Å². The van der Waals surface area contributed by atoms with E-state index < -0.39 is 0 Å². The molecule has 2 unspecified atom stereocenters. The molecule has 2 N–H and O–H groups in total. The van der Waals surface area contributed by atoms with Crippen molar-refractivity contribution in [3.05, 3.63) is 11.6 Å². The summed E-state index contributed by atoms with van der Waals surface area (Å²) in [5.41, 5.74) is 0. The van der Waals surface area contributed by atoms with Gasteiger partial charge in [-0.25, -0.2) is 9.67 Å². The van der Waals surface area contributed by atoms with Crippen molar-refractivity contribution in [2.24, 2.45) is 4.99 Å². The molecule has 1 aromatic rings. The Morgan fingerprint density at radius 1 is 1.41 bits per heavy atom. The summed E-state index contributed by atoms with van der Waals surface area (Å²) in [7, 11) is 3.88. The molecular weight excluding hydrogens is 457 g/mol. The lowest BCUT2D eigenvalue weighted by Gasteiger charge is -2.26. The van der Waals surface area contributed by atoms with Crippen molar-refractivity contribution in [3.63, 3.8) is 0 Å². The topological polar surface area (TPSA) is 79.6 Å². The van der Waals surface area contributed by atoms with Crippen LogP contribution in [0.4, 0.5) is 0 Å². The molecule has 1 fully saturated rings. The van der Waals surface area contributed by atoms with Crippen molar-refractivity contribution in [3.8, 4) is 0 Å². The predicted molar refractivity (Wildman–Crippen MR) is 118 cm³/mol. The lowest BCUT2D eigenvalue weighted by atomic mass is 10.1. The normalized spacial score (nSPS) is 20.8. The van der Waals surface area contributed by atoms with E-state index in [0.29, 0.717) is 18.7 Å². The average molecular weight is 491 g/mol. The first-order valence-electron chi connectivity index (χ1n) is 9.79. The van der Waals surface area contributed by atoms with Crippen LogP contribution in [0, 0.1) is 0 Å². The van der Waals surface area contributed by atoms with Crippen LogP contribution < -0.4 is 10.6 Å². The second-order valence-electron chi connectivity index (χ2n) is 7.40. The van der Waals surface area contributed by atoms with Crippen LogP contribution in [0.1, 0.15) is 44.8 Å². The summed E-state index contributed by atoms with van der Waals surface area (Å²) in [5, 5.41) is 11.5. The van der Waals surface area contributed by atoms with Crippen molar-refractivity contribution >= 4 is 29.9 Å². The summed E-state index contributed by atoms with van der Waals surface area (Å²) < 4.78 is 7.14. The third kappa shape index (κ3) is 6.28. The zero-order valence-electron chi connectivity index (χ0n) is 16.9. The van der Waals surface area contributed by atoms with Crippen molar-refractivity contribution < 1.29 is 4.74 Å². The number of likely N-dealkylation sites (N-methyl/N-ethyl adjacent to an activating group) is 1. The minimum absolute atomic E-state index is 0. The Kier molecular flexibility index (Phi) is 8.74. The number of halogens is 1. The highest BCUT2D eigenvalue weighted by atomic mass is 127. The van der Waals surface area contributed by atoms with E-state index in [2.05, 4.69) is 46.5 Å². The van der Waals surface area contributed by atoms with E-state index in [1.807, 2.05) is 4.68 Å².